The Bertz CT molecular complexity index is 495. The second-order valence-corrected chi connectivity index (χ2v) is 5.92. The smallest absolute Gasteiger partial charge is 0.426 e. The van der Waals surface area contributed by atoms with Crippen LogP contribution < -0.4 is 10.9 Å². The van der Waals surface area contributed by atoms with Crippen molar-refractivity contribution in [1.29, 1.82) is 0 Å². The minimum Gasteiger partial charge on any atom is -0.443 e. The molecular weight excluding hydrogens is 312 g/mol. The molecule has 0 radical (unpaired) electrons. The molecule has 6 heteroatoms. The number of rotatable bonds is 1. The predicted molar refractivity (Wildman–Crippen MR) is 75.7 cm³/mol. The number of ether oxygens (including phenoxy) is 1. The van der Waals surface area contributed by atoms with Crippen molar-refractivity contribution in [2.45, 2.75) is 33.3 Å². The van der Waals surface area contributed by atoms with E-state index in [0.717, 1.165) is 5.56 Å². The van der Waals surface area contributed by atoms with Crippen molar-refractivity contribution in [2.24, 2.45) is 0 Å². The Kier molecular flexibility index (Phi) is 4.94. The van der Waals surface area contributed by atoms with Gasteiger partial charge in [0.15, 0.2) is 0 Å². The third-order valence-electron chi connectivity index (χ3n) is 2.04. The number of hydrazine groups is 1. The molecule has 0 aliphatic carbocycles. The summed E-state index contributed by atoms with van der Waals surface area (Å²) in [4.78, 5) is 23.3. The molecule has 0 heterocycles. The molecule has 104 valence electrons. The van der Waals surface area contributed by atoms with Crippen molar-refractivity contribution in [2.75, 3.05) is 0 Å². The SMILES string of the molecule is Cc1ccc(Br)c(C(=O)NNC(=O)OC(C)(C)C)c1. The maximum Gasteiger partial charge on any atom is 0.426 e. The molecular formula is C13H17BrN2O3. The van der Waals surface area contributed by atoms with Crippen LogP contribution in [0.25, 0.3) is 0 Å². The number of benzene rings is 1. The van der Waals surface area contributed by atoms with Crippen LogP contribution in [0.1, 0.15) is 36.7 Å². The van der Waals surface area contributed by atoms with Crippen LogP contribution in [-0.4, -0.2) is 17.6 Å². The normalized spacial score (nSPS) is 10.8. The molecule has 0 unspecified atom stereocenters. The van der Waals surface area contributed by atoms with Crippen molar-refractivity contribution < 1.29 is 14.3 Å². The van der Waals surface area contributed by atoms with Gasteiger partial charge in [-0.15, -0.1) is 0 Å². The Morgan fingerprint density at radius 2 is 1.84 bits per heavy atom. The number of hydrogen-bond donors (Lipinski definition) is 2. The summed E-state index contributed by atoms with van der Waals surface area (Å²) in [6.45, 7) is 7.10. The van der Waals surface area contributed by atoms with E-state index in [0.29, 0.717) is 10.0 Å². The third kappa shape index (κ3) is 5.30. The zero-order valence-electron chi connectivity index (χ0n) is 11.3. The molecule has 1 aromatic rings. The van der Waals surface area contributed by atoms with Gasteiger partial charge in [0.1, 0.15) is 5.60 Å². The minimum atomic E-state index is -0.704. The van der Waals surface area contributed by atoms with E-state index in [-0.39, 0.29) is 0 Å². The summed E-state index contributed by atoms with van der Waals surface area (Å²) in [7, 11) is 0. The molecule has 0 aliphatic rings. The molecule has 0 bridgehead atoms. The maximum atomic E-state index is 11.9. The Hall–Kier alpha value is -1.56. The molecule has 1 aromatic carbocycles. The molecule has 0 aromatic heterocycles. The average molecular weight is 329 g/mol. The molecule has 0 saturated carbocycles. The fourth-order valence-electron chi connectivity index (χ4n) is 1.29. The number of halogens is 1. The quantitative estimate of drug-likeness (QED) is 0.779. The van der Waals surface area contributed by atoms with Gasteiger partial charge < -0.3 is 4.74 Å². The molecule has 1 rings (SSSR count). The Morgan fingerprint density at radius 1 is 1.21 bits per heavy atom. The first-order valence-corrected chi connectivity index (χ1v) is 6.54. The molecule has 2 amide bonds. The first kappa shape index (κ1) is 15.5. The van der Waals surface area contributed by atoms with Gasteiger partial charge in [-0.25, -0.2) is 10.2 Å². The summed E-state index contributed by atoms with van der Waals surface area (Å²) < 4.78 is 5.66. The highest BCUT2D eigenvalue weighted by Gasteiger charge is 2.17. The molecule has 0 saturated heterocycles. The second kappa shape index (κ2) is 6.06. The Morgan fingerprint density at radius 3 is 2.42 bits per heavy atom. The summed E-state index contributed by atoms with van der Waals surface area (Å²) in [5, 5.41) is 0. The van der Waals surface area contributed by atoms with Gasteiger partial charge >= 0.3 is 6.09 Å². The van der Waals surface area contributed by atoms with Gasteiger partial charge in [-0.1, -0.05) is 11.6 Å². The van der Waals surface area contributed by atoms with Crippen molar-refractivity contribution >= 4 is 27.9 Å². The maximum absolute atomic E-state index is 11.9. The summed E-state index contributed by atoms with van der Waals surface area (Å²) in [5.74, 6) is -0.415. The van der Waals surface area contributed by atoms with E-state index < -0.39 is 17.6 Å². The van der Waals surface area contributed by atoms with E-state index >= 15 is 0 Å². The van der Waals surface area contributed by atoms with Crippen LogP contribution in [0.15, 0.2) is 22.7 Å². The fraction of sp³-hybridized carbons (Fsp3) is 0.385. The highest BCUT2D eigenvalue weighted by molar-refractivity contribution is 9.10. The zero-order valence-corrected chi connectivity index (χ0v) is 12.9. The summed E-state index contributed by atoms with van der Waals surface area (Å²) in [5.41, 5.74) is 5.28. The van der Waals surface area contributed by atoms with Gasteiger partial charge in [-0.3, -0.25) is 10.2 Å². The standard InChI is InChI=1S/C13H17BrN2O3/c1-8-5-6-10(14)9(7-8)11(17)15-16-12(18)19-13(2,3)4/h5-7H,1-4H3,(H,15,17)(H,16,18). The van der Waals surface area contributed by atoms with Crippen molar-refractivity contribution in [3.63, 3.8) is 0 Å². The lowest BCUT2D eigenvalue weighted by molar-refractivity contribution is 0.0483. The summed E-state index contributed by atoms with van der Waals surface area (Å²) >= 11 is 3.28. The van der Waals surface area contributed by atoms with Crippen molar-refractivity contribution in [1.82, 2.24) is 10.9 Å². The van der Waals surface area contributed by atoms with Gasteiger partial charge in [-0.2, -0.15) is 0 Å². The summed E-state index contributed by atoms with van der Waals surface area (Å²) in [6, 6.07) is 5.37. The number of hydrogen-bond acceptors (Lipinski definition) is 3. The van der Waals surface area contributed by atoms with Gasteiger partial charge in [-0.05, 0) is 55.8 Å². The molecule has 19 heavy (non-hydrogen) atoms. The van der Waals surface area contributed by atoms with Crippen LogP contribution in [-0.2, 0) is 4.74 Å². The lowest BCUT2D eigenvalue weighted by atomic mass is 10.1. The van der Waals surface area contributed by atoms with Gasteiger partial charge in [0.25, 0.3) is 5.91 Å². The molecule has 0 atom stereocenters. The van der Waals surface area contributed by atoms with E-state index in [9.17, 15) is 9.59 Å². The largest absolute Gasteiger partial charge is 0.443 e. The Labute approximate surface area is 120 Å². The predicted octanol–water partition coefficient (Wildman–Crippen LogP) is 2.93. The lowest BCUT2D eigenvalue weighted by Crippen LogP contribution is -2.44. The van der Waals surface area contributed by atoms with Crippen LogP contribution >= 0.6 is 15.9 Å². The van der Waals surface area contributed by atoms with Crippen LogP contribution in [0, 0.1) is 6.92 Å². The second-order valence-electron chi connectivity index (χ2n) is 5.06. The van der Waals surface area contributed by atoms with Crippen LogP contribution in [0.5, 0.6) is 0 Å². The van der Waals surface area contributed by atoms with E-state index in [1.54, 1.807) is 32.9 Å². The molecule has 5 nitrogen and oxygen atoms in total. The van der Waals surface area contributed by atoms with Gasteiger partial charge in [0.2, 0.25) is 0 Å². The van der Waals surface area contributed by atoms with E-state index in [4.69, 9.17) is 4.74 Å². The molecule has 0 fully saturated rings. The third-order valence-corrected chi connectivity index (χ3v) is 2.73. The zero-order chi connectivity index (χ0) is 14.6. The van der Waals surface area contributed by atoms with Crippen LogP contribution in [0.2, 0.25) is 0 Å². The van der Waals surface area contributed by atoms with E-state index in [1.165, 1.54) is 0 Å². The minimum absolute atomic E-state index is 0.415. The molecule has 2 N–H and O–H groups in total. The van der Waals surface area contributed by atoms with E-state index in [1.807, 2.05) is 13.0 Å². The highest BCUT2D eigenvalue weighted by atomic mass is 79.9. The number of aryl methyl sites for hydroxylation is 1. The number of carbonyl (C=O) groups excluding carboxylic acids is 2. The van der Waals surface area contributed by atoms with Crippen LogP contribution in [0.4, 0.5) is 4.79 Å². The molecule has 0 aliphatic heterocycles. The lowest BCUT2D eigenvalue weighted by Gasteiger charge is -2.19. The average Bonchev–Trinajstić information content (AvgIpc) is 2.27. The topological polar surface area (TPSA) is 67.4 Å². The molecule has 0 spiro atoms. The number of amides is 2. The van der Waals surface area contributed by atoms with Crippen LogP contribution in [0.3, 0.4) is 0 Å². The first-order chi connectivity index (χ1) is 8.69. The fourth-order valence-corrected chi connectivity index (χ4v) is 1.72. The van der Waals surface area contributed by atoms with Gasteiger partial charge in [0.05, 0.1) is 5.56 Å². The summed E-state index contributed by atoms with van der Waals surface area (Å²) in [6.07, 6.45) is -0.704. The number of nitrogens with one attached hydrogen (secondary N) is 2. The highest BCUT2D eigenvalue weighted by Crippen LogP contribution is 2.17. The van der Waals surface area contributed by atoms with Crippen molar-refractivity contribution in [3.05, 3.63) is 33.8 Å². The monoisotopic (exact) mass is 328 g/mol. The number of carbonyl (C=O) groups is 2. The van der Waals surface area contributed by atoms with Crippen molar-refractivity contribution in [3.8, 4) is 0 Å². The van der Waals surface area contributed by atoms with E-state index in [2.05, 4.69) is 26.8 Å². The first-order valence-electron chi connectivity index (χ1n) is 5.74. The Balaban J connectivity index is 2.61. The van der Waals surface area contributed by atoms with Gasteiger partial charge in [0, 0.05) is 4.47 Å².